The second-order valence-electron chi connectivity index (χ2n) is 5.25. The van der Waals surface area contributed by atoms with Crippen LogP contribution in [-0.4, -0.2) is 45.0 Å². The maximum absolute atomic E-state index is 12.5. The Morgan fingerprint density at radius 3 is 2.96 bits per heavy atom. The van der Waals surface area contributed by atoms with Crippen molar-refractivity contribution in [1.29, 1.82) is 0 Å². The zero-order chi connectivity index (χ0) is 16.2. The van der Waals surface area contributed by atoms with Crippen LogP contribution in [-0.2, 0) is 16.0 Å². The molecule has 2 heterocycles. The summed E-state index contributed by atoms with van der Waals surface area (Å²) in [5, 5.41) is 9.61. The van der Waals surface area contributed by atoms with Gasteiger partial charge in [-0.05, 0) is 6.07 Å². The fourth-order valence-electron chi connectivity index (χ4n) is 2.73. The van der Waals surface area contributed by atoms with E-state index in [1.54, 1.807) is 36.7 Å². The average Bonchev–Trinajstić information content (AvgIpc) is 2.98. The predicted octanol–water partition coefficient (Wildman–Crippen LogP) is 1.39. The normalized spacial score (nSPS) is 17.0. The molecule has 0 saturated carbocycles. The number of carboxylic acid groups (broad SMARTS) is 1. The number of amides is 1. The van der Waals surface area contributed by atoms with Crippen molar-refractivity contribution in [3.63, 3.8) is 0 Å². The molecule has 23 heavy (non-hydrogen) atoms. The molecule has 3 rings (SSSR count). The SMILES string of the molecule is O=C(O)C1c2ccccc2OCCN1C(=O)CCc1ncc[nH]1. The summed E-state index contributed by atoms with van der Waals surface area (Å²) in [5.41, 5.74) is 0.504. The van der Waals surface area contributed by atoms with E-state index in [1.807, 2.05) is 0 Å². The molecule has 1 aromatic heterocycles. The Morgan fingerprint density at radius 2 is 2.22 bits per heavy atom. The quantitative estimate of drug-likeness (QED) is 0.889. The van der Waals surface area contributed by atoms with Gasteiger partial charge in [0.25, 0.3) is 0 Å². The molecule has 0 radical (unpaired) electrons. The zero-order valence-corrected chi connectivity index (χ0v) is 12.4. The van der Waals surface area contributed by atoms with Crippen LogP contribution in [0.3, 0.4) is 0 Å². The number of ether oxygens (including phenoxy) is 1. The summed E-state index contributed by atoms with van der Waals surface area (Å²) in [6.07, 6.45) is 3.95. The maximum Gasteiger partial charge on any atom is 0.331 e. The predicted molar refractivity (Wildman–Crippen MR) is 80.9 cm³/mol. The monoisotopic (exact) mass is 315 g/mol. The van der Waals surface area contributed by atoms with Crippen molar-refractivity contribution in [2.45, 2.75) is 18.9 Å². The number of imidazole rings is 1. The third-order valence-corrected chi connectivity index (χ3v) is 3.80. The molecule has 120 valence electrons. The number of H-pyrrole nitrogens is 1. The van der Waals surface area contributed by atoms with Crippen LogP contribution in [0.1, 0.15) is 23.9 Å². The topological polar surface area (TPSA) is 95.5 Å². The Hall–Kier alpha value is -2.83. The number of aromatic nitrogens is 2. The van der Waals surface area contributed by atoms with Crippen LogP contribution in [0, 0.1) is 0 Å². The summed E-state index contributed by atoms with van der Waals surface area (Å²) in [7, 11) is 0. The summed E-state index contributed by atoms with van der Waals surface area (Å²) in [6, 6.07) is 5.91. The molecule has 7 nitrogen and oxygen atoms in total. The number of rotatable bonds is 4. The Balaban J connectivity index is 1.82. The lowest BCUT2D eigenvalue weighted by molar-refractivity contribution is -0.150. The number of hydrogen-bond donors (Lipinski definition) is 2. The summed E-state index contributed by atoms with van der Waals surface area (Å²) < 4.78 is 5.58. The fraction of sp³-hybridized carbons (Fsp3) is 0.312. The Bertz CT molecular complexity index is 699. The highest BCUT2D eigenvalue weighted by Crippen LogP contribution is 2.32. The van der Waals surface area contributed by atoms with Gasteiger partial charge in [-0.25, -0.2) is 9.78 Å². The summed E-state index contributed by atoms with van der Waals surface area (Å²) >= 11 is 0. The second-order valence-corrected chi connectivity index (χ2v) is 5.25. The number of carbonyl (C=O) groups is 2. The molecule has 1 aliphatic rings. The van der Waals surface area contributed by atoms with Crippen molar-refractivity contribution < 1.29 is 19.4 Å². The fourth-order valence-corrected chi connectivity index (χ4v) is 2.73. The van der Waals surface area contributed by atoms with Gasteiger partial charge in [-0.1, -0.05) is 18.2 Å². The molecule has 7 heteroatoms. The highest BCUT2D eigenvalue weighted by atomic mass is 16.5. The van der Waals surface area contributed by atoms with Crippen molar-refractivity contribution in [2.24, 2.45) is 0 Å². The first-order chi connectivity index (χ1) is 11.2. The lowest BCUT2D eigenvalue weighted by Crippen LogP contribution is -2.40. The molecule has 1 atom stereocenters. The average molecular weight is 315 g/mol. The standard InChI is InChI=1S/C16H17N3O4/c20-14(6-5-13-17-7-8-18-13)19-9-10-23-12-4-2-1-3-11(12)15(19)16(21)22/h1-4,7-8,15H,5-6,9-10H2,(H,17,18)(H,21,22). The minimum atomic E-state index is -1.06. The largest absolute Gasteiger partial charge is 0.491 e. The number of carbonyl (C=O) groups excluding carboxylic acids is 1. The molecule has 1 unspecified atom stereocenters. The Labute approximate surface area is 132 Å². The lowest BCUT2D eigenvalue weighted by atomic mass is 10.0. The van der Waals surface area contributed by atoms with E-state index in [9.17, 15) is 14.7 Å². The lowest BCUT2D eigenvalue weighted by Gasteiger charge is -2.26. The number of carboxylic acids is 1. The molecule has 0 spiro atoms. The first-order valence-electron chi connectivity index (χ1n) is 7.39. The summed E-state index contributed by atoms with van der Waals surface area (Å²) in [5.74, 6) is -0.0682. The van der Waals surface area contributed by atoms with E-state index in [0.29, 0.717) is 23.6 Å². The molecule has 1 aliphatic heterocycles. The highest BCUT2D eigenvalue weighted by Gasteiger charge is 2.34. The minimum Gasteiger partial charge on any atom is -0.491 e. The van der Waals surface area contributed by atoms with Crippen LogP contribution in [0.4, 0.5) is 0 Å². The van der Waals surface area contributed by atoms with E-state index in [2.05, 4.69) is 9.97 Å². The number of para-hydroxylation sites is 1. The van der Waals surface area contributed by atoms with Gasteiger partial charge >= 0.3 is 5.97 Å². The minimum absolute atomic E-state index is 0.194. The van der Waals surface area contributed by atoms with Crippen molar-refractivity contribution in [3.05, 3.63) is 48.0 Å². The van der Waals surface area contributed by atoms with Gasteiger partial charge in [0.1, 0.15) is 18.2 Å². The molecule has 0 fully saturated rings. The number of fused-ring (bicyclic) bond motifs is 1. The maximum atomic E-state index is 12.5. The number of aryl methyl sites for hydroxylation is 1. The number of benzene rings is 1. The van der Waals surface area contributed by atoms with Crippen LogP contribution in [0.25, 0.3) is 0 Å². The van der Waals surface area contributed by atoms with Crippen molar-refractivity contribution >= 4 is 11.9 Å². The van der Waals surface area contributed by atoms with Gasteiger partial charge in [0.2, 0.25) is 5.91 Å². The van der Waals surface area contributed by atoms with Gasteiger partial charge in [-0.15, -0.1) is 0 Å². The van der Waals surface area contributed by atoms with Crippen LogP contribution in [0.2, 0.25) is 0 Å². The van der Waals surface area contributed by atoms with Gasteiger partial charge in [0.05, 0.1) is 6.54 Å². The molecular formula is C16H17N3O4. The molecule has 0 bridgehead atoms. The van der Waals surface area contributed by atoms with Gasteiger partial charge in [-0.2, -0.15) is 0 Å². The first kappa shape index (κ1) is 15.1. The van der Waals surface area contributed by atoms with Crippen molar-refractivity contribution in [2.75, 3.05) is 13.2 Å². The highest BCUT2D eigenvalue weighted by molar-refractivity contribution is 5.85. The number of aromatic amines is 1. The van der Waals surface area contributed by atoms with E-state index in [1.165, 1.54) is 4.90 Å². The number of hydrogen-bond acceptors (Lipinski definition) is 4. The Kier molecular flexibility index (Phi) is 4.27. The van der Waals surface area contributed by atoms with Crippen LogP contribution < -0.4 is 4.74 Å². The van der Waals surface area contributed by atoms with Crippen molar-refractivity contribution in [1.82, 2.24) is 14.9 Å². The summed E-state index contributed by atoms with van der Waals surface area (Å²) in [4.78, 5) is 32.7. The number of aliphatic carboxylic acids is 1. The third-order valence-electron chi connectivity index (χ3n) is 3.80. The molecule has 1 amide bonds. The van der Waals surface area contributed by atoms with Crippen LogP contribution in [0.5, 0.6) is 5.75 Å². The van der Waals surface area contributed by atoms with Gasteiger partial charge < -0.3 is 19.7 Å². The third kappa shape index (κ3) is 3.18. The molecule has 0 saturated heterocycles. The zero-order valence-electron chi connectivity index (χ0n) is 12.4. The van der Waals surface area contributed by atoms with Crippen molar-refractivity contribution in [3.8, 4) is 5.75 Å². The second kappa shape index (κ2) is 6.51. The van der Waals surface area contributed by atoms with E-state index in [0.717, 1.165) is 0 Å². The van der Waals surface area contributed by atoms with Crippen LogP contribution in [0.15, 0.2) is 36.7 Å². The Morgan fingerprint density at radius 1 is 1.39 bits per heavy atom. The van der Waals surface area contributed by atoms with E-state index in [-0.39, 0.29) is 25.5 Å². The van der Waals surface area contributed by atoms with Gasteiger partial charge in [0, 0.05) is 30.8 Å². The first-order valence-corrected chi connectivity index (χ1v) is 7.39. The van der Waals surface area contributed by atoms with E-state index >= 15 is 0 Å². The molecule has 1 aromatic carbocycles. The molecule has 2 aromatic rings. The number of nitrogens with zero attached hydrogens (tertiary/aromatic N) is 2. The molecule has 0 aliphatic carbocycles. The smallest absolute Gasteiger partial charge is 0.331 e. The summed E-state index contributed by atoms with van der Waals surface area (Å²) in [6.45, 7) is 0.510. The molecule has 2 N–H and O–H groups in total. The number of nitrogens with one attached hydrogen (secondary N) is 1. The molecular weight excluding hydrogens is 298 g/mol. The van der Waals surface area contributed by atoms with Crippen LogP contribution >= 0.6 is 0 Å². The van der Waals surface area contributed by atoms with E-state index < -0.39 is 12.0 Å². The van der Waals surface area contributed by atoms with Gasteiger partial charge in [0.15, 0.2) is 6.04 Å². The van der Waals surface area contributed by atoms with Gasteiger partial charge in [-0.3, -0.25) is 4.79 Å². The van der Waals surface area contributed by atoms with E-state index in [4.69, 9.17) is 4.74 Å².